The molecule has 22 heavy (non-hydrogen) atoms. The van der Waals surface area contributed by atoms with E-state index in [1.54, 1.807) is 18.2 Å². The third-order valence-electron chi connectivity index (χ3n) is 3.74. The number of aliphatic hydroxyl groups is 1. The van der Waals surface area contributed by atoms with E-state index in [1.165, 1.54) is 12.5 Å². The molecule has 7 heteroatoms. The van der Waals surface area contributed by atoms with Crippen LogP contribution in [0.25, 0.3) is 0 Å². The van der Waals surface area contributed by atoms with E-state index in [1.807, 2.05) is 0 Å². The molecule has 1 aliphatic rings. The highest BCUT2D eigenvalue weighted by Crippen LogP contribution is 2.24. The highest BCUT2D eigenvalue weighted by atomic mass is 35.5. The fraction of sp³-hybridized carbons (Fsp3) is 0.533. The highest BCUT2D eigenvalue weighted by Gasteiger charge is 2.24. The van der Waals surface area contributed by atoms with Crippen LogP contribution < -0.4 is 10.1 Å². The van der Waals surface area contributed by atoms with Gasteiger partial charge in [-0.3, -0.25) is 9.69 Å². The minimum atomic E-state index is -2.32. The number of nitrogens with zero attached hydrogens (tertiary/aromatic N) is 1. The van der Waals surface area contributed by atoms with Gasteiger partial charge in [0, 0.05) is 18.2 Å². The molecular formula is C15H20Cl2N2O3. The van der Waals surface area contributed by atoms with Gasteiger partial charge in [0.1, 0.15) is 5.75 Å². The van der Waals surface area contributed by atoms with Crippen LogP contribution in [-0.4, -0.2) is 46.3 Å². The summed E-state index contributed by atoms with van der Waals surface area (Å²) < 4.78 is 2.58. The van der Waals surface area contributed by atoms with Gasteiger partial charge in [-0.05, 0) is 67.3 Å². The van der Waals surface area contributed by atoms with Crippen LogP contribution in [0, 0.1) is 0 Å². The van der Waals surface area contributed by atoms with E-state index in [9.17, 15) is 9.90 Å². The van der Waals surface area contributed by atoms with Gasteiger partial charge in [-0.15, -0.1) is 0 Å². The summed E-state index contributed by atoms with van der Waals surface area (Å²) in [5, 5.41) is 12.1. The minimum Gasteiger partial charge on any atom is -0.437 e. The van der Waals surface area contributed by atoms with Crippen LogP contribution in [0.5, 0.6) is 5.75 Å². The molecule has 5 nitrogen and oxygen atoms in total. The standard InChI is InChI=1S/C15H20Cl2N2O3/c1-2-19-8-4-6-12(19)10-18-14(20)11-5-3-7-13(9-11)22-15(16,17)21/h3,5,7,9,12,21H,2,4,6,8,10H2,1H3,(H,18,20)/t12-/m0/s1. The van der Waals surface area contributed by atoms with Gasteiger partial charge in [-0.25, -0.2) is 0 Å². The second kappa shape index (κ2) is 7.51. The van der Waals surface area contributed by atoms with Crippen molar-refractivity contribution in [2.24, 2.45) is 0 Å². The Morgan fingerprint density at radius 2 is 2.32 bits per heavy atom. The van der Waals surface area contributed by atoms with Gasteiger partial charge < -0.3 is 15.2 Å². The number of carbonyl (C=O) groups excluding carboxylic acids is 1. The van der Waals surface area contributed by atoms with Crippen LogP contribution in [0.2, 0.25) is 0 Å². The van der Waals surface area contributed by atoms with Gasteiger partial charge in [0.2, 0.25) is 0 Å². The molecule has 1 amide bonds. The Morgan fingerprint density at radius 1 is 1.55 bits per heavy atom. The van der Waals surface area contributed by atoms with E-state index in [0.29, 0.717) is 18.2 Å². The zero-order chi connectivity index (χ0) is 16.2. The maximum Gasteiger partial charge on any atom is 0.372 e. The van der Waals surface area contributed by atoms with Crippen LogP contribution in [0.1, 0.15) is 30.1 Å². The summed E-state index contributed by atoms with van der Waals surface area (Å²) in [5.41, 5.74) is 0.427. The van der Waals surface area contributed by atoms with E-state index < -0.39 is 4.71 Å². The van der Waals surface area contributed by atoms with E-state index in [-0.39, 0.29) is 11.7 Å². The van der Waals surface area contributed by atoms with Crippen LogP contribution in [0.15, 0.2) is 24.3 Å². The molecule has 1 aliphatic heterocycles. The lowest BCUT2D eigenvalue weighted by molar-refractivity contribution is 0.0142. The normalized spacial score (nSPS) is 19.2. The van der Waals surface area contributed by atoms with Crippen molar-refractivity contribution in [3.05, 3.63) is 29.8 Å². The average molecular weight is 347 g/mol. The zero-order valence-corrected chi connectivity index (χ0v) is 13.9. The predicted molar refractivity (Wildman–Crippen MR) is 86.3 cm³/mol. The van der Waals surface area contributed by atoms with E-state index >= 15 is 0 Å². The molecule has 0 radical (unpaired) electrons. The Labute approximate surface area is 140 Å². The van der Waals surface area contributed by atoms with Crippen LogP contribution in [0.4, 0.5) is 0 Å². The summed E-state index contributed by atoms with van der Waals surface area (Å²) in [5.74, 6) is 0.0253. The van der Waals surface area contributed by atoms with Crippen molar-refractivity contribution in [2.75, 3.05) is 19.6 Å². The van der Waals surface area contributed by atoms with Gasteiger partial charge in [-0.2, -0.15) is 0 Å². The molecule has 0 aliphatic carbocycles. The zero-order valence-electron chi connectivity index (χ0n) is 12.4. The van der Waals surface area contributed by atoms with Gasteiger partial charge in [0.25, 0.3) is 5.91 Å². The number of alkyl halides is 2. The number of hydrogen-bond donors (Lipinski definition) is 2. The first-order valence-electron chi connectivity index (χ1n) is 7.30. The van der Waals surface area contributed by atoms with Crippen LogP contribution >= 0.6 is 23.2 Å². The first-order chi connectivity index (χ1) is 10.4. The van der Waals surface area contributed by atoms with Crippen LogP contribution in [0.3, 0.4) is 0 Å². The summed E-state index contributed by atoms with van der Waals surface area (Å²) in [6, 6.07) is 6.73. The second-order valence-electron chi connectivity index (χ2n) is 5.25. The lowest BCUT2D eigenvalue weighted by atomic mass is 10.2. The molecule has 1 atom stereocenters. The number of nitrogens with one attached hydrogen (secondary N) is 1. The number of benzene rings is 1. The van der Waals surface area contributed by atoms with Crippen molar-refractivity contribution in [1.82, 2.24) is 10.2 Å². The van der Waals surface area contributed by atoms with Crippen molar-refractivity contribution in [2.45, 2.75) is 30.5 Å². The molecule has 0 saturated carbocycles. The third kappa shape index (κ3) is 5.02. The summed E-state index contributed by atoms with van der Waals surface area (Å²) in [6.07, 6.45) is 2.27. The van der Waals surface area contributed by atoms with Crippen molar-refractivity contribution < 1.29 is 14.6 Å². The molecule has 0 bridgehead atoms. The molecule has 122 valence electrons. The first-order valence-corrected chi connectivity index (χ1v) is 8.06. The Morgan fingerprint density at radius 3 is 3.00 bits per heavy atom. The number of amides is 1. The maximum absolute atomic E-state index is 12.2. The molecular weight excluding hydrogens is 327 g/mol. The molecule has 0 aromatic heterocycles. The molecule has 1 aromatic rings. The number of halogens is 2. The average Bonchev–Trinajstić information content (AvgIpc) is 2.90. The Hall–Kier alpha value is -1.01. The molecule has 0 unspecified atom stereocenters. The van der Waals surface area contributed by atoms with E-state index in [4.69, 9.17) is 27.9 Å². The summed E-state index contributed by atoms with van der Waals surface area (Å²) in [7, 11) is 0. The number of hydrogen-bond acceptors (Lipinski definition) is 4. The Bertz CT molecular complexity index is 520. The van der Waals surface area contributed by atoms with Gasteiger partial charge in [0.15, 0.2) is 0 Å². The monoisotopic (exact) mass is 346 g/mol. The molecule has 2 N–H and O–H groups in total. The third-order valence-corrected chi connectivity index (χ3v) is 3.89. The van der Waals surface area contributed by atoms with Crippen molar-refractivity contribution in [3.8, 4) is 5.75 Å². The topological polar surface area (TPSA) is 61.8 Å². The molecule has 1 saturated heterocycles. The molecule has 1 heterocycles. The number of ether oxygens (including phenoxy) is 1. The maximum atomic E-state index is 12.2. The van der Waals surface area contributed by atoms with Gasteiger partial charge in [0.05, 0.1) is 0 Å². The van der Waals surface area contributed by atoms with Crippen molar-refractivity contribution in [3.63, 3.8) is 0 Å². The molecule has 0 spiro atoms. The Kier molecular flexibility index (Phi) is 5.92. The number of likely N-dealkylation sites (N-methyl/N-ethyl adjacent to an activating group) is 1. The quantitative estimate of drug-likeness (QED) is 0.613. The fourth-order valence-corrected chi connectivity index (χ4v) is 2.88. The van der Waals surface area contributed by atoms with Gasteiger partial charge >= 0.3 is 4.71 Å². The van der Waals surface area contributed by atoms with Gasteiger partial charge in [-0.1, -0.05) is 13.0 Å². The number of carbonyl (C=O) groups is 1. The Balaban J connectivity index is 1.93. The summed E-state index contributed by atoms with van der Waals surface area (Å²) in [4.78, 5) is 14.6. The van der Waals surface area contributed by atoms with Crippen molar-refractivity contribution in [1.29, 1.82) is 0 Å². The van der Waals surface area contributed by atoms with E-state index in [2.05, 4.69) is 17.1 Å². The fourth-order valence-electron chi connectivity index (χ4n) is 2.70. The minimum absolute atomic E-state index is 0.193. The lowest BCUT2D eigenvalue weighted by Crippen LogP contribution is -2.40. The predicted octanol–water partition coefficient (Wildman–Crippen LogP) is 2.36. The smallest absolute Gasteiger partial charge is 0.372 e. The SMILES string of the molecule is CCN1CCC[C@H]1CNC(=O)c1cccc(OC(O)(Cl)Cl)c1. The number of likely N-dealkylation sites (tertiary alicyclic amines) is 1. The van der Waals surface area contributed by atoms with Crippen molar-refractivity contribution >= 4 is 29.1 Å². The summed E-state index contributed by atoms with van der Waals surface area (Å²) in [6.45, 7) is 4.82. The largest absolute Gasteiger partial charge is 0.437 e. The lowest BCUT2D eigenvalue weighted by Gasteiger charge is -2.23. The molecule has 1 fully saturated rings. The second-order valence-corrected chi connectivity index (χ2v) is 6.47. The molecule has 2 rings (SSSR count). The molecule has 1 aromatic carbocycles. The highest BCUT2D eigenvalue weighted by molar-refractivity contribution is 6.45. The van der Waals surface area contributed by atoms with Crippen LogP contribution in [-0.2, 0) is 0 Å². The summed E-state index contributed by atoms with van der Waals surface area (Å²) >= 11 is 10.7. The number of rotatable bonds is 6. The first kappa shape index (κ1) is 17.3. The van der Waals surface area contributed by atoms with E-state index in [0.717, 1.165) is 19.5 Å².